The molecule has 0 aliphatic heterocycles. The van der Waals surface area contributed by atoms with Crippen molar-refractivity contribution in [3.05, 3.63) is 34.9 Å². The van der Waals surface area contributed by atoms with Crippen LogP contribution in [0.25, 0.3) is 0 Å². The van der Waals surface area contributed by atoms with Crippen LogP contribution in [-0.2, 0) is 19.3 Å². The molecule has 1 heteroatoms. The molecule has 92 valence electrons. The molecule has 0 bridgehead atoms. The third-order valence-electron chi connectivity index (χ3n) is 4.36. The largest absolute Gasteiger partial charge is 0.314 e. The summed E-state index contributed by atoms with van der Waals surface area (Å²) in [7, 11) is 0. The van der Waals surface area contributed by atoms with E-state index in [0.717, 1.165) is 12.6 Å². The maximum Gasteiger partial charge on any atom is 0.00671 e. The van der Waals surface area contributed by atoms with Gasteiger partial charge in [0.2, 0.25) is 0 Å². The van der Waals surface area contributed by atoms with Crippen molar-refractivity contribution in [1.82, 2.24) is 5.32 Å². The van der Waals surface area contributed by atoms with Crippen molar-refractivity contribution >= 4 is 0 Å². The average molecular weight is 229 g/mol. The minimum absolute atomic E-state index is 0.810. The first-order valence-electron chi connectivity index (χ1n) is 7.26. The molecular weight excluding hydrogens is 206 g/mol. The molecule has 1 saturated carbocycles. The Bertz CT molecular complexity index is 377. The summed E-state index contributed by atoms with van der Waals surface area (Å²) in [6.45, 7) is 1.16. The lowest BCUT2D eigenvalue weighted by molar-refractivity contribution is 0.528. The van der Waals surface area contributed by atoms with Crippen molar-refractivity contribution < 1.29 is 0 Å². The molecule has 1 fully saturated rings. The van der Waals surface area contributed by atoms with Crippen LogP contribution in [0.3, 0.4) is 0 Å². The molecule has 1 aromatic rings. The zero-order valence-electron chi connectivity index (χ0n) is 10.7. The van der Waals surface area contributed by atoms with Crippen molar-refractivity contribution in [2.45, 2.75) is 57.4 Å². The molecule has 1 nitrogen and oxygen atoms in total. The molecule has 0 unspecified atom stereocenters. The van der Waals surface area contributed by atoms with Crippen molar-refractivity contribution in [3.8, 4) is 0 Å². The standard InChI is InChI=1S/C16H23N/c1-2-7-16(6-1)17-11-10-13-8-9-14-4-3-5-15(14)12-13/h8-9,12,16-17H,1-7,10-11H2. The maximum atomic E-state index is 3.70. The van der Waals surface area contributed by atoms with Crippen LogP contribution in [0.1, 0.15) is 48.8 Å². The highest BCUT2D eigenvalue weighted by Gasteiger charge is 2.14. The second kappa shape index (κ2) is 5.22. The lowest BCUT2D eigenvalue weighted by atomic mass is 10.0. The van der Waals surface area contributed by atoms with E-state index in [1.54, 1.807) is 11.1 Å². The smallest absolute Gasteiger partial charge is 0.00671 e. The first kappa shape index (κ1) is 11.3. The third-order valence-corrected chi connectivity index (χ3v) is 4.36. The fraction of sp³-hybridized carbons (Fsp3) is 0.625. The monoisotopic (exact) mass is 229 g/mol. The van der Waals surface area contributed by atoms with E-state index in [1.807, 2.05) is 0 Å². The van der Waals surface area contributed by atoms with E-state index < -0.39 is 0 Å². The van der Waals surface area contributed by atoms with E-state index in [0.29, 0.717) is 0 Å². The molecule has 2 aliphatic rings. The number of fused-ring (bicyclic) bond motifs is 1. The number of aryl methyl sites for hydroxylation is 2. The van der Waals surface area contributed by atoms with Crippen molar-refractivity contribution in [2.24, 2.45) is 0 Å². The van der Waals surface area contributed by atoms with Gasteiger partial charge in [-0.15, -0.1) is 0 Å². The topological polar surface area (TPSA) is 12.0 Å². The zero-order chi connectivity index (χ0) is 11.5. The van der Waals surface area contributed by atoms with Gasteiger partial charge in [0, 0.05) is 6.04 Å². The van der Waals surface area contributed by atoms with E-state index >= 15 is 0 Å². The summed E-state index contributed by atoms with van der Waals surface area (Å²) in [6.07, 6.45) is 10.8. The number of nitrogens with one attached hydrogen (secondary N) is 1. The summed E-state index contributed by atoms with van der Waals surface area (Å²) in [4.78, 5) is 0. The SMILES string of the molecule is c1cc2c(cc1CCNC1CCCC1)CCC2. The zero-order valence-corrected chi connectivity index (χ0v) is 10.7. The summed E-state index contributed by atoms with van der Waals surface area (Å²) in [5, 5.41) is 3.70. The van der Waals surface area contributed by atoms with Crippen LogP contribution in [0.2, 0.25) is 0 Å². The molecule has 0 spiro atoms. The highest BCUT2D eigenvalue weighted by Crippen LogP contribution is 2.23. The number of rotatable bonds is 4. The second-order valence-corrected chi connectivity index (χ2v) is 5.64. The Morgan fingerprint density at radius 2 is 1.82 bits per heavy atom. The van der Waals surface area contributed by atoms with Crippen LogP contribution in [0.4, 0.5) is 0 Å². The normalized spacial score (nSPS) is 19.8. The average Bonchev–Trinajstić information content (AvgIpc) is 2.98. The molecule has 1 N–H and O–H groups in total. The van der Waals surface area contributed by atoms with E-state index in [-0.39, 0.29) is 0 Å². The van der Waals surface area contributed by atoms with Crippen LogP contribution >= 0.6 is 0 Å². The molecular formula is C16H23N. The van der Waals surface area contributed by atoms with Crippen molar-refractivity contribution in [1.29, 1.82) is 0 Å². The van der Waals surface area contributed by atoms with Crippen molar-refractivity contribution in [3.63, 3.8) is 0 Å². The summed E-state index contributed by atoms with van der Waals surface area (Å²) in [5.74, 6) is 0. The van der Waals surface area contributed by atoms with Gasteiger partial charge in [0.1, 0.15) is 0 Å². The summed E-state index contributed by atoms with van der Waals surface area (Å²) >= 11 is 0. The summed E-state index contributed by atoms with van der Waals surface area (Å²) in [6, 6.07) is 7.94. The Morgan fingerprint density at radius 3 is 2.71 bits per heavy atom. The number of hydrogen-bond donors (Lipinski definition) is 1. The Hall–Kier alpha value is -0.820. The van der Waals surface area contributed by atoms with E-state index in [2.05, 4.69) is 23.5 Å². The molecule has 0 radical (unpaired) electrons. The van der Waals surface area contributed by atoms with Crippen LogP contribution in [0, 0.1) is 0 Å². The Kier molecular flexibility index (Phi) is 3.46. The van der Waals surface area contributed by atoms with Gasteiger partial charge in [-0.05, 0) is 61.8 Å². The number of benzene rings is 1. The van der Waals surface area contributed by atoms with E-state index in [9.17, 15) is 0 Å². The first-order valence-corrected chi connectivity index (χ1v) is 7.26. The van der Waals surface area contributed by atoms with Crippen molar-refractivity contribution in [2.75, 3.05) is 6.54 Å². The minimum Gasteiger partial charge on any atom is -0.314 e. The molecule has 3 rings (SSSR count). The quantitative estimate of drug-likeness (QED) is 0.835. The van der Waals surface area contributed by atoms with Crippen LogP contribution < -0.4 is 5.32 Å². The predicted octanol–water partition coefficient (Wildman–Crippen LogP) is 3.25. The van der Waals surface area contributed by atoms with Gasteiger partial charge in [0.25, 0.3) is 0 Å². The van der Waals surface area contributed by atoms with Gasteiger partial charge in [-0.1, -0.05) is 31.0 Å². The fourth-order valence-corrected chi connectivity index (χ4v) is 3.33. The highest BCUT2D eigenvalue weighted by atomic mass is 14.9. The van der Waals surface area contributed by atoms with Gasteiger partial charge in [0.15, 0.2) is 0 Å². The molecule has 0 saturated heterocycles. The maximum absolute atomic E-state index is 3.70. The molecule has 0 aromatic heterocycles. The van der Waals surface area contributed by atoms with Crippen LogP contribution in [0.5, 0.6) is 0 Å². The van der Waals surface area contributed by atoms with Gasteiger partial charge in [-0.3, -0.25) is 0 Å². The molecule has 0 amide bonds. The first-order chi connectivity index (χ1) is 8.42. The Labute approximate surface area is 105 Å². The Morgan fingerprint density at radius 1 is 1.00 bits per heavy atom. The van der Waals surface area contributed by atoms with Gasteiger partial charge in [0.05, 0.1) is 0 Å². The third kappa shape index (κ3) is 2.71. The lowest BCUT2D eigenvalue weighted by Gasteiger charge is -2.12. The van der Waals surface area contributed by atoms with Gasteiger partial charge < -0.3 is 5.32 Å². The fourth-order valence-electron chi connectivity index (χ4n) is 3.33. The Balaban J connectivity index is 1.51. The van der Waals surface area contributed by atoms with Gasteiger partial charge >= 0.3 is 0 Å². The lowest BCUT2D eigenvalue weighted by Crippen LogP contribution is -2.27. The van der Waals surface area contributed by atoms with Crippen LogP contribution in [-0.4, -0.2) is 12.6 Å². The molecule has 0 heterocycles. The molecule has 1 aromatic carbocycles. The number of hydrogen-bond acceptors (Lipinski definition) is 1. The van der Waals surface area contributed by atoms with Gasteiger partial charge in [-0.2, -0.15) is 0 Å². The van der Waals surface area contributed by atoms with Gasteiger partial charge in [-0.25, -0.2) is 0 Å². The molecule has 2 aliphatic carbocycles. The molecule has 0 atom stereocenters. The molecule has 17 heavy (non-hydrogen) atoms. The van der Waals surface area contributed by atoms with E-state index in [4.69, 9.17) is 0 Å². The predicted molar refractivity (Wildman–Crippen MR) is 72.4 cm³/mol. The minimum atomic E-state index is 0.810. The summed E-state index contributed by atoms with van der Waals surface area (Å²) < 4.78 is 0. The summed E-state index contributed by atoms with van der Waals surface area (Å²) in [5.41, 5.74) is 4.73. The van der Waals surface area contributed by atoms with E-state index in [1.165, 1.54) is 56.9 Å². The highest BCUT2D eigenvalue weighted by molar-refractivity contribution is 5.35. The van der Waals surface area contributed by atoms with Crippen LogP contribution in [0.15, 0.2) is 18.2 Å². The second-order valence-electron chi connectivity index (χ2n) is 5.64.